The molecule has 0 heterocycles. The number of phenols is 2. The Hall–Kier alpha value is -5.50. The molecule has 258 valence electrons. The standard InChI is InChI=1S/C21H25NO3.C20H23NO3/c1-5-25-20-13-19(24)17(21(2,3)4)12-15(20)8-11-18(23)14-6-9-16(22)10-7-14;1-4-24-20-12-19(23)17(13(2)3)11-15(20)7-10-18(22)14-5-8-16(21)9-6-14/h6-13,24H,5,22H2,1-4H3;5-13,23H,4,21H2,1-3H3. The maximum Gasteiger partial charge on any atom is 0.185 e. The summed E-state index contributed by atoms with van der Waals surface area (Å²) in [4.78, 5) is 24.6. The van der Waals surface area contributed by atoms with Crippen LogP contribution in [0.15, 0.2) is 84.9 Å². The molecule has 49 heavy (non-hydrogen) atoms. The van der Waals surface area contributed by atoms with Crippen molar-refractivity contribution < 1.29 is 29.3 Å². The molecule has 0 aliphatic rings. The molecule has 4 aromatic rings. The monoisotopic (exact) mass is 664 g/mol. The van der Waals surface area contributed by atoms with E-state index in [9.17, 15) is 19.8 Å². The number of benzene rings is 4. The van der Waals surface area contributed by atoms with Crippen molar-refractivity contribution in [2.75, 3.05) is 24.7 Å². The van der Waals surface area contributed by atoms with Crippen molar-refractivity contribution in [1.29, 1.82) is 0 Å². The van der Waals surface area contributed by atoms with Gasteiger partial charge in [-0.1, -0.05) is 34.6 Å². The number of rotatable bonds is 11. The molecule has 0 bridgehead atoms. The van der Waals surface area contributed by atoms with Crippen molar-refractivity contribution in [3.05, 3.63) is 118 Å². The fourth-order valence-electron chi connectivity index (χ4n) is 4.89. The second kappa shape index (κ2) is 17.1. The van der Waals surface area contributed by atoms with E-state index in [0.29, 0.717) is 47.2 Å². The minimum Gasteiger partial charge on any atom is -0.508 e. The van der Waals surface area contributed by atoms with Gasteiger partial charge in [-0.3, -0.25) is 9.59 Å². The number of ether oxygens (including phenoxy) is 2. The number of aromatic hydroxyl groups is 2. The summed E-state index contributed by atoms with van der Waals surface area (Å²) in [5.74, 6) is 1.44. The normalized spacial score (nSPS) is 11.4. The third kappa shape index (κ3) is 10.8. The molecule has 0 unspecified atom stereocenters. The zero-order valence-electron chi connectivity index (χ0n) is 29.4. The number of nitrogen functional groups attached to an aromatic ring is 2. The summed E-state index contributed by atoms with van der Waals surface area (Å²) in [5, 5.41) is 20.4. The maximum atomic E-state index is 12.3. The largest absolute Gasteiger partial charge is 0.508 e. The van der Waals surface area contributed by atoms with Gasteiger partial charge in [-0.25, -0.2) is 0 Å². The molecule has 0 spiro atoms. The van der Waals surface area contributed by atoms with Gasteiger partial charge in [0.15, 0.2) is 11.6 Å². The zero-order valence-corrected chi connectivity index (χ0v) is 29.4. The average Bonchev–Trinajstić information content (AvgIpc) is 3.04. The average molecular weight is 665 g/mol. The van der Waals surface area contributed by atoms with Crippen molar-refractivity contribution in [2.45, 2.75) is 59.8 Å². The van der Waals surface area contributed by atoms with Gasteiger partial charge in [-0.15, -0.1) is 0 Å². The van der Waals surface area contributed by atoms with Crippen LogP contribution in [-0.2, 0) is 5.41 Å². The smallest absolute Gasteiger partial charge is 0.185 e. The number of nitrogens with two attached hydrogens (primary N) is 2. The van der Waals surface area contributed by atoms with Crippen molar-refractivity contribution >= 4 is 35.1 Å². The Bertz CT molecular complexity index is 1800. The molecule has 6 N–H and O–H groups in total. The van der Waals surface area contributed by atoms with Crippen LogP contribution in [0.25, 0.3) is 12.2 Å². The molecule has 0 fully saturated rings. The highest BCUT2D eigenvalue weighted by Gasteiger charge is 2.20. The molecule has 4 rings (SSSR count). The number of carbonyl (C=O) groups is 2. The number of allylic oxidation sites excluding steroid dienone is 2. The second-order valence-electron chi connectivity index (χ2n) is 12.8. The first kappa shape index (κ1) is 38.0. The van der Waals surface area contributed by atoms with Gasteiger partial charge in [0.2, 0.25) is 0 Å². The quantitative estimate of drug-likeness (QED) is 0.0706. The van der Waals surface area contributed by atoms with Crippen LogP contribution in [-0.4, -0.2) is 35.0 Å². The Morgan fingerprint density at radius 3 is 1.49 bits per heavy atom. The van der Waals surface area contributed by atoms with Gasteiger partial charge in [-0.2, -0.15) is 0 Å². The highest BCUT2D eigenvalue weighted by molar-refractivity contribution is 6.07. The number of carbonyl (C=O) groups excluding carboxylic acids is 2. The van der Waals surface area contributed by atoms with Crippen LogP contribution in [0.1, 0.15) is 97.4 Å². The van der Waals surface area contributed by atoms with E-state index < -0.39 is 0 Å². The molecule has 0 saturated heterocycles. The van der Waals surface area contributed by atoms with Crippen LogP contribution in [0.4, 0.5) is 11.4 Å². The van der Waals surface area contributed by atoms with Crippen LogP contribution in [0.5, 0.6) is 23.0 Å². The molecule has 0 atom stereocenters. The first-order valence-electron chi connectivity index (χ1n) is 16.3. The summed E-state index contributed by atoms with van der Waals surface area (Å²) in [6.07, 6.45) is 6.45. The van der Waals surface area contributed by atoms with Crippen molar-refractivity contribution in [3.8, 4) is 23.0 Å². The van der Waals surface area contributed by atoms with Gasteiger partial charge < -0.3 is 31.2 Å². The van der Waals surface area contributed by atoms with E-state index in [4.69, 9.17) is 20.9 Å². The first-order valence-corrected chi connectivity index (χ1v) is 16.3. The lowest BCUT2D eigenvalue weighted by Crippen LogP contribution is -2.12. The van der Waals surface area contributed by atoms with Gasteiger partial charge in [-0.05, 0) is 116 Å². The molecule has 4 aromatic carbocycles. The van der Waals surface area contributed by atoms with E-state index in [1.165, 1.54) is 12.2 Å². The van der Waals surface area contributed by atoms with Crippen molar-refractivity contribution in [3.63, 3.8) is 0 Å². The lowest BCUT2D eigenvalue weighted by atomic mass is 9.85. The summed E-state index contributed by atoms with van der Waals surface area (Å²) in [5.41, 5.74) is 16.6. The highest BCUT2D eigenvalue weighted by atomic mass is 16.5. The molecule has 8 heteroatoms. The first-order chi connectivity index (χ1) is 23.1. The van der Waals surface area contributed by atoms with Crippen molar-refractivity contribution in [2.24, 2.45) is 0 Å². The van der Waals surface area contributed by atoms with E-state index >= 15 is 0 Å². The topological polar surface area (TPSA) is 145 Å². The van der Waals surface area contributed by atoms with E-state index in [1.807, 2.05) is 60.6 Å². The molecule has 8 nitrogen and oxygen atoms in total. The number of hydrogen-bond acceptors (Lipinski definition) is 8. The van der Waals surface area contributed by atoms with Gasteiger partial charge >= 0.3 is 0 Å². The summed E-state index contributed by atoms with van der Waals surface area (Å²) >= 11 is 0. The van der Waals surface area contributed by atoms with Crippen LogP contribution in [0.3, 0.4) is 0 Å². The fourth-order valence-corrected chi connectivity index (χ4v) is 4.89. The van der Waals surface area contributed by atoms with Crippen LogP contribution < -0.4 is 20.9 Å². The SMILES string of the molecule is CCOc1cc(O)c(C(C)(C)C)cc1C=CC(=O)c1ccc(N)cc1.CCOc1cc(O)c(C(C)C)cc1C=CC(=O)c1ccc(N)cc1. The molecular weight excluding hydrogens is 616 g/mol. The van der Waals surface area contributed by atoms with E-state index in [2.05, 4.69) is 0 Å². The maximum absolute atomic E-state index is 12.3. The Morgan fingerprint density at radius 1 is 0.694 bits per heavy atom. The van der Waals surface area contributed by atoms with Gasteiger partial charge in [0.1, 0.15) is 23.0 Å². The van der Waals surface area contributed by atoms with Gasteiger partial charge in [0.05, 0.1) is 13.2 Å². The highest BCUT2D eigenvalue weighted by Crippen LogP contribution is 2.37. The molecule has 0 aliphatic heterocycles. The Labute approximate surface area is 289 Å². The van der Waals surface area contributed by atoms with Crippen molar-refractivity contribution in [1.82, 2.24) is 0 Å². The number of phenolic OH excluding ortho intramolecular Hbond substituents is 2. The molecule has 0 radical (unpaired) electrons. The minimum absolute atomic E-state index is 0.114. The van der Waals surface area contributed by atoms with Crippen LogP contribution in [0.2, 0.25) is 0 Å². The van der Waals surface area contributed by atoms with Crippen LogP contribution >= 0.6 is 0 Å². The predicted octanol–water partition coefficient (Wildman–Crippen LogP) is 8.96. The Morgan fingerprint density at radius 2 is 1.10 bits per heavy atom. The second-order valence-corrected chi connectivity index (χ2v) is 12.8. The fraction of sp³-hybridized carbons (Fsp3) is 0.268. The van der Waals surface area contributed by atoms with E-state index in [1.54, 1.807) is 72.8 Å². The molecule has 0 aliphatic carbocycles. The third-order valence-corrected chi connectivity index (χ3v) is 7.54. The Kier molecular flexibility index (Phi) is 13.2. The van der Waals surface area contributed by atoms with Gasteiger partial charge in [0.25, 0.3) is 0 Å². The minimum atomic E-state index is -0.224. The van der Waals surface area contributed by atoms with E-state index in [0.717, 1.165) is 22.3 Å². The summed E-state index contributed by atoms with van der Waals surface area (Å²) in [6.45, 7) is 14.8. The lowest BCUT2D eigenvalue weighted by Gasteiger charge is -2.22. The number of hydrogen-bond donors (Lipinski definition) is 4. The zero-order chi connectivity index (χ0) is 36.3. The molecule has 0 amide bonds. The molecule has 0 saturated carbocycles. The summed E-state index contributed by atoms with van der Waals surface area (Å²) in [7, 11) is 0. The molecule has 0 aromatic heterocycles. The predicted molar refractivity (Wildman–Crippen MR) is 200 cm³/mol. The van der Waals surface area contributed by atoms with Crippen LogP contribution in [0, 0.1) is 0 Å². The third-order valence-electron chi connectivity index (χ3n) is 7.54. The molecular formula is C41H48N2O6. The number of ketones is 2. The summed E-state index contributed by atoms with van der Waals surface area (Å²) in [6, 6.07) is 20.5. The lowest BCUT2D eigenvalue weighted by molar-refractivity contribution is 0.103. The van der Waals surface area contributed by atoms with Gasteiger partial charge in [0, 0.05) is 51.3 Å². The number of anilines is 2. The summed E-state index contributed by atoms with van der Waals surface area (Å²) < 4.78 is 11.2. The van der Waals surface area contributed by atoms with E-state index in [-0.39, 0.29) is 34.4 Å². The Balaban J connectivity index is 0.000000266.